The number of likely N-dealkylation sites (tertiary alicyclic amines) is 1. The molecule has 1 aromatic rings. The highest BCUT2D eigenvalue weighted by Gasteiger charge is 2.21. The number of nitrogens with zero attached hydrogens (tertiary/aromatic N) is 2. The zero-order valence-electron chi connectivity index (χ0n) is 11.2. The van der Waals surface area contributed by atoms with Crippen LogP contribution in [-0.4, -0.2) is 30.7 Å². The number of ether oxygens (including phenoxy) is 1. The molecular formula is C15H19FN2O. The molecule has 1 aliphatic heterocycles. The van der Waals surface area contributed by atoms with Crippen molar-refractivity contribution < 1.29 is 9.13 Å². The smallest absolute Gasteiger partial charge is 0.145 e. The molecule has 0 aromatic heterocycles. The fraction of sp³-hybridized carbons (Fsp3) is 0.533. The van der Waals surface area contributed by atoms with Gasteiger partial charge in [-0.1, -0.05) is 12.1 Å². The first kappa shape index (κ1) is 14.0. The number of benzene rings is 1. The molecule has 102 valence electrons. The van der Waals surface area contributed by atoms with Gasteiger partial charge < -0.3 is 4.74 Å². The Morgan fingerprint density at radius 3 is 3.11 bits per heavy atom. The van der Waals surface area contributed by atoms with Crippen molar-refractivity contribution in [1.82, 2.24) is 4.90 Å². The molecule has 4 heteroatoms. The van der Waals surface area contributed by atoms with Crippen molar-refractivity contribution in [3.63, 3.8) is 0 Å². The van der Waals surface area contributed by atoms with Gasteiger partial charge >= 0.3 is 0 Å². The van der Waals surface area contributed by atoms with Crippen LogP contribution >= 0.6 is 0 Å². The first-order valence-electron chi connectivity index (χ1n) is 6.76. The quantitative estimate of drug-likeness (QED) is 0.837. The average Bonchev–Trinajstić information content (AvgIpc) is 2.42. The minimum absolute atomic E-state index is 0.121. The van der Waals surface area contributed by atoms with E-state index in [2.05, 4.69) is 4.90 Å². The molecule has 1 aromatic carbocycles. The standard InChI is InChI=1S/C15H19FN2O/c1-2-19-14-7-4-8-18(11-14)10-13-6-3-5-12(9-17)15(13)16/h3,5-6,14H,2,4,7-8,10-11H2,1H3. The molecular weight excluding hydrogens is 243 g/mol. The fourth-order valence-electron chi connectivity index (χ4n) is 2.56. The van der Waals surface area contributed by atoms with Crippen LogP contribution in [0.1, 0.15) is 30.9 Å². The second kappa shape index (κ2) is 6.65. The highest BCUT2D eigenvalue weighted by Crippen LogP contribution is 2.19. The summed E-state index contributed by atoms with van der Waals surface area (Å²) in [6, 6.07) is 6.88. The number of piperidine rings is 1. The lowest BCUT2D eigenvalue weighted by Crippen LogP contribution is -2.39. The van der Waals surface area contributed by atoms with Crippen molar-refractivity contribution in [3.8, 4) is 6.07 Å². The van der Waals surface area contributed by atoms with Gasteiger partial charge in [0.05, 0.1) is 11.7 Å². The monoisotopic (exact) mass is 262 g/mol. The zero-order valence-corrected chi connectivity index (χ0v) is 11.2. The van der Waals surface area contributed by atoms with E-state index in [4.69, 9.17) is 10.00 Å². The lowest BCUT2D eigenvalue weighted by Gasteiger charge is -2.32. The fourth-order valence-corrected chi connectivity index (χ4v) is 2.56. The maximum Gasteiger partial charge on any atom is 0.145 e. The average molecular weight is 262 g/mol. The highest BCUT2D eigenvalue weighted by molar-refractivity contribution is 5.34. The molecule has 1 unspecified atom stereocenters. The van der Waals surface area contributed by atoms with Crippen LogP contribution in [0, 0.1) is 17.1 Å². The number of nitriles is 1. The van der Waals surface area contributed by atoms with Crippen LogP contribution in [0.15, 0.2) is 18.2 Å². The van der Waals surface area contributed by atoms with Crippen LogP contribution in [0.2, 0.25) is 0 Å². The Kier molecular flexibility index (Phi) is 4.89. The van der Waals surface area contributed by atoms with E-state index in [-0.39, 0.29) is 17.5 Å². The van der Waals surface area contributed by atoms with Crippen LogP contribution in [0.5, 0.6) is 0 Å². The van der Waals surface area contributed by atoms with Crippen LogP contribution < -0.4 is 0 Å². The van der Waals surface area contributed by atoms with Gasteiger partial charge in [0, 0.05) is 25.3 Å². The van der Waals surface area contributed by atoms with Crippen molar-refractivity contribution in [2.24, 2.45) is 0 Å². The highest BCUT2D eigenvalue weighted by atomic mass is 19.1. The molecule has 0 radical (unpaired) electrons. The third kappa shape index (κ3) is 3.52. The summed E-state index contributed by atoms with van der Waals surface area (Å²) >= 11 is 0. The van der Waals surface area contributed by atoms with E-state index in [1.165, 1.54) is 6.07 Å². The predicted octanol–water partition coefficient (Wildman–Crippen LogP) is 2.70. The molecule has 0 N–H and O–H groups in total. The van der Waals surface area contributed by atoms with Gasteiger partial charge in [0.25, 0.3) is 0 Å². The van der Waals surface area contributed by atoms with Gasteiger partial charge in [0.1, 0.15) is 11.9 Å². The van der Waals surface area contributed by atoms with Gasteiger partial charge in [0.15, 0.2) is 0 Å². The van der Waals surface area contributed by atoms with E-state index in [1.807, 2.05) is 13.0 Å². The molecule has 1 heterocycles. The molecule has 0 aliphatic carbocycles. The number of hydrogen-bond acceptors (Lipinski definition) is 3. The van der Waals surface area contributed by atoms with Crippen molar-refractivity contribution in [3.05, 3.63) is 35.1 Å². The minimum atomic E-state index is -0.386. The summed E-state index contributed by atoms with van der Waals surface area (Å²) in [5.41, 5.74) is 0.715. The van der Waals surface area contributed by atoms with Crippen LogP contribution in [0.4, 0.5) is 4.39 Å². The number of halogens is 1. The van der Waals surface area contributed by atoms with Crippen molar-refractivity contribution in [2.75, 3.05) is 19.7 Å². The Bertz CT molecular complexity index is 468. The summed E-state index contributed by atoms with van der Waals surface area (Å²) in [6.07, 6.45) is 2.40. The third-order valence-electron chi connectivity index (χ3n) is 3.46. The molecule has 2 rings (SSSR count). The molecule has 0 bridgehead atoms. The van der Waals surface area contributed by atoms with Gasteiger partial charge in [-0.2, -0.15) is 5.26 Å². The molecule has 1 aliphatic rings. The molecule has 0 amide bonds. The molecule has 1 atom stereocenters. The minimum Gasteiger partial charge on any atom is -0.377 e. The molecule has 0 spiro atoms. The topological polar surface area (TPSA) is 36.3 Å². The Labute approximate surface area is 113 Å². The molecule has 19 heavy (non-hydrogen) atoms. The Hall–Kier alpha value is -1.44. The summed E-state index contributed by atoms with van der Waals surface area (Å²) in [5.74, 6) is -0.386. The molecule has 3 nitrogen and oxygen atoms in total. The predicted molar refractivity (Wildman–Crippen MR) is 71.0 cm³/mol. The summed E-state index contributed by atoms with van der Waals surface area (Å²) in [6.45, 7) is 5.06. The second-order valence-electron chi connectivity index (χ2n) is 4.85. The van der Waals surface area contributed by atoms with E-state index < -0.39 is 0 Å². The van der Waals surface area contributed by atoms with E-state index in [9.17, 15) is 4.39 Å². The number of hydrogen-bond donors (Lipinski definition) is 0. The SMILES string of the molecule is CCOC1CCCN(Cc2cccc(C#N)c2F)C1. The third-order valence-corrected chi connectivity index (χ3v) is 3.46. The van der Waals surface area contributed by atoms with E-state index >= 15 is 0 Å². The van der Waals surface area contributed by atoms with Gasteiger partial charge in [-0.25, -0.2) is 4.39 Å². The van der Waals surface area contributed by atoms with E-state index in [0.29, 0.717) is 12.1 Å². The lowest BCUT2D eigenvalue weighted by molar-refractivity contribution is 0.00336. The molecule has 1 fully saturated rings. The van der Waals surface area contributed by atoms with E-state index in [0.717, 1.165) is 32.5 Å². The second-order valence-corrected chi connectivity index (χ2v) is 4.85. The molecule has 0 saturated carbocycles. The summed E-state index contributed by atoms with van der Waals surface area (Å²) in [7, 11) is 0. The maximum atomic E-state index is 14.0. The normalized spacial score (nSPS) is 20.2. The largest absolute Gasteiger partial charge is 0.377 e. The van der Waals surface area contributed by atoms with Crippen molar-refractivity contribution >= 4 is 0 Å². The van der Waals surface area contributed by atoms with Crippen LogP contribution in [0.25, 0.3) is 0 Å². The van der Waals surface area contributed by atoms with Gasteiger partial charge in [-0.05, 0) is 32.4 Å². The van der Waals surface area contributed by atoms with Crippen molar-refractivity contribution in [1.29, 1.82) is 5.26 Å². The van der Waals surface area contributed by atoms with Crippen molar-refractivity contribution in [2.45, 2.75) is 32.4 Å². The Morgan fingerprint density at radius 1 is 1.53 bits per heavy atom. The van der Waals surface area contributed by atoms with Crippen LogP contribution in [-0.2, 0) is 11.3 Å². The summed E-state index contributed by atoms with van der Waals surface area (Å²) < 4.78 is 19.6. The van der Waals surface area contributed by atoms with E-state index in [1.54, 1.807) is 12.1 Å². The van der Waals surface area contributed by atoms with Gasteiger partial charge in [-0.3, -0.25) is 4.90 Å². The maximum absolute atomic E-state index is 14.0. The first-order valence-corrected chi connectivity index (χ1v) is 6.76. The zero-order chi connectivity index (χ0) is 13.7. The Morgan fingerprint density at radius 2 is 2.37 bits per heavy atom. The summed E-state index contributed by atoms with van der Waals surface area (Å²) in [4.78, 5) is 2.20. The number of rotatable bonds is 4. The summed E-state index contributed by atoms with van der Waals surface area (Å²) in [5, 5.41) is 8.84. The Balaban J connectivity index is 2.03. The van der Waals surface area contributed by atoms with Crippen LogP contribution in [0.3, 0.4) is 0 Å². The molecule has 1 saturated heterocycles. The first-order chi connectivity index (χ1) is 9.24. The van der Waals surface area contributed by atoms with Gasteiger partial charge in [0.2, 0.25) is 0 Å². The lowest BCUT2D eigenvalue weighted by atomic mass is 10.1. The van der Waals surface area contributed by atoms with Gasteiger partial charge in [-0.15, -0.1) is 0 Å².